The Morgan fingerprint density at radius 2 is 2.19 bits per heavy atom. The number of likely N-dealkylation sites (N-methyl/N-ethyl adjacent to an activating group) is 2. The number of nitrogens with one attached hydrogen (secondary N) is 1. The number of hydrogen-bond donors (Lipinski definition) is 2. The fourth-order valence-corrected chi connectivity index (χ4v) is 1.80. The van der Waals surface area contributed by atoms with Crippen molar-refractivity contribution in [3.63, 3.8) is 0 Å². The number of para-hydroxylation sites is 1. The lowest BCUT2D eigenvalue weighted by molar-refractivity contribution is -0.119. The maximum atomic E-state index is 11.3. The van der Waals surface area contributed by atoms with Crippen molar-refractivity contribution in [3.8, 4) is 0 Å². The first-order valence-corrected chi connectivity index (χ1v) is 5.30. The molecule has 1 rings (SSSR count). The monoisotopic (exact) mass is 221 g/mol. The lowest BCUT2D eigenvalue weighted by Gasteiger charge is -2.23. The number of rotatable bonds is 4. The van der Waals surface area contributed by atoms with E-state index in [0.29, 0.717) is 13.1 Å². The summed E-state index contributed by atoms with van der Waals surface area (Å²) in [5.74, 6) is -0.00581. The first kappa shape index (κ1) is 12.5. The van der Waals surface area contributed by atoms with Crippen LogP contribution in [0.4, 0.5) is 5.69 Å². The molecule has 0 radical (unpaired) electrons. The van der Waals surface area contributed by atoms with E-state index in [4.69, 9.17) is 5.73 Å². The van der Waals surface area contributed by atoms with Gasteiger partial charge in [-0.05, 0) is 18.1 Å². The van der Waals surface area contributed by atoms with Gasteiger partial charge in [0.05, 0.1) is 6.54 Å². The number of nitrogens with two attached hydrogens (primary N) is 1. The molecular weight excluding hydrogens is 202 g/mol. The number of benzene rings is 1. The molecule has 0 fully saturated rings. The first-order chi connectivity index (χ1) is 7.60. The van der Waals surface area contributed by atoms with Gasteiger partial charge in [0, 0.05) is 26.3 Å². The van der Waals surface area contributed by atoms with Crippen LogP contribution in [0.3, 0.4) is 0 Å². The zero-order valence-corrected chi connectivity index (χ0v) is 10.1. The van der Waals surface area contributed by atoms with E-state index in [1.54, 1.807) is 7.05 Å². The molecule has 0 unspecified atom stereocenters. The number of nitrogens with zero attached hydrogens (tertiary/aromatic N) is 1. The second-order valence-corrected chi connectivity index (χ2v) is 3.82. The lowest BCUT2D eigenvalue weighted by Crippen LogP contribution is -2.34. The molecule has 1 amide bonds. The van der Waals surface area contributed by atoms with E-state index in [-0.39, 0.29) is 5.91 Å². The lowest BCUT2D eigenvalue weighted by atomic mass is 10.1. The second-order valence-electron chi connectivity index (χ2n) is 3.82. The quantitative estimate of drug-likeness (QED) is 0.784. The van der Waals surface area contributed by atoms with Crippen molar-refractivity contribution in [1.29, 1.82) is 0 Å². The molecule has 1 aromatic carbocycles. The molecule has 0 bridgehead atoms. The van der Waals surface area contributed by atoms with Crippen molar-refractivity contribution in [2.75, 3.05) is 25.5 Å². The minimum Gasteiger partial charge on any atom is -0.365 e. The minimum absolute atomic E-state index is 0.00581. The molecule has 1 aromatic rings. The summed E-state index contributed by atoms with van der Waals surface area (Å²) in [4.78, 5) is 13.2. The van der Waals surface area contributed by atoms with E-state index >= 15 is 0 Å². The van der Waals surface area contributed by atoms with Crippen LogP contribution >= 0.6 is 0 Å². The summed E-state index contributed by atoms with van der Waals surface area (Å²) < 4.78 is 0. The van der Waals surface area contributed by atoms with Crippen LogP contribution in [0.5, 0.6) is 0 Å². The molecule has 0 saturated heterocycles. The molecule has 0 saturated carbocycles. The van der Waals surface area contributed by atoms with Crippen molar-refractivity contribution in [1.82, 2.24) is 5.32 Å². The van der Waals surface area contributed by atoms with Crippen molar-refractivity contribution in [2.24, 2.45) is 5.73 Å². The van der Waals surface area contributed by atoms with E-state index in [1.165, 1.54) is 0 Å². The largest absolute Gasteiger partial charge is 0.365 e. The van der Waals surface area contributed by atoms with Crippen molar-refractivity contribution < 1.29 is 4.79 Å². The van der Waals surface area contributed by atoms with Gasteiger partial charge in [0.25, 0.3) is 0 Å². The smallest absolute Gasteiger partial charge is 0.239 e. The Morgan fingerprint density at radius 3 is 2.75 bits per heavy atom. The molecule has 88 valence electrons. The Bertz CT molecular complexity index is 377. The molecule has 0 atom stereocenters. The van der Waals surface area contributed by atoms with Gasteiger partial charge in [-0.2, -0.15) is 0 Å². The van der Waals surface area contributed by atoms with Gasteiger partial charge in [0.1, 0.15) is 0 Å². The van der Waals surface area contributed by atoms with E-state index in [0.717, 1.165) is 16.8 Å². The molecule has 0 aliphatic heterocycles. The van der Waals surface area contributed by atoms with Gasteiger partial charge in [0.2, 0.25) is 5.91 Å². The first-order valence-electron chi connectivity index (χ1n) is 5.30. The predicted octanol–water partition coefficient (Wildman–Crippen LogP) is 0.636. The third-order valence-corrected chi connectivity index (χ3v) is 2.58. The Hall–Kier alpha value is -1.55. The molecule has 3 N–H and O–H groups in total. The molecule has 0 aliphatic rings. The molecule has 4 nitrogen and oxygen atoms in total. The Kier molecular flexibility index (Phi) is 4.31. The van der Waals surface area contributed by atoms with Gasteiger partial charge in [-0.1, -0.05) is 18.2 Å². The van der Waals surface area contributed by atoms with Crippen LogP contribution in [-0.2, 0) is 11.3 Å². The average Bonchev–Trinajstić information content (AvgIpc) is 2.28. The van der Waals surface area contributed by atoms with Crippen LogP contribution in [0.2, 0.25) is 0 Å². The van der Waals surface area contributed by atoms with Crippen LogP contribution in [0.25, 0.3) is 0 Å². The highest BCUT2D eigenvalue weighted by Crippen LogP contribution is 2.23. The van der Waals surface area contributed by atoms with Gasteiger partial charge in [-0.25, -0.2) is 0 Å². The van der Waals surface area contributed by atoms with Crippen molar-refractivity contribution in [3.05, 3.63) is 29.3 Å². The molecule has 0 spiro atoms. The molecular formula is C12H19N3O. The van der Waals surface area contributed by atoms with E-state index in [2.05, 4.69) is 5.32 Å². The van der Waals surface area contributed by atoms with Crippen molar-refractivity contribution in [2.45, 2.75) is 13.5 Å². The van der Waals surface area contributed by atoms with E-state index in [9.17, 15) is 4.79 Å². The van der Waals surface area contributed by atoms with Crippen molar-refractivity contribution >= 4 is 11.6 Å². The number of hydrogen-bond acceptors (Lipinski definition) is 3. The summed E-state index contributed by atoms with van der Waals surface area (Å²) in [7, 11) is 3.54. The molecule has 0 heterocycles. The fraction of sp³-hybridized carbons (Fsp3) is 0.417. The van der Waals surface area contributed by atoms with Crippen LogP contribution < -0.4 is 16.0 Å². The van der Waals surface area contributed by atoms with Crippen LogP contribution in [-0.4, -0.2) is 26.5 Å². The van der Waals surface area contributed by atoms with Crippen LogP contribution in [0, 0.1) is 6.92 Å². The highest BCUT2D eigenvalue weighted by atomic mass is 16.1. The summed E-state index contributed by atoms with van der Waals surface area (Å²) in [6.07, 6.45) is 0. The van der Waals surface area contributed by atoms with E-state index < -0.39 is 0 Å². The predicted molar refractivity (Wildman–Crippen MR) is 66.4 cm³/mol. The SMILES string of the molecule is CNC(=O)CN(C)c1c(C)cccc1CN. The third-order valence-electron chi connectivity index (χ3n) is 2.58. The number of carbonyl (C=O) groups is 1. The number of anilines is 1. The number of amides is 1. The number of aryl methyl sites for hydroxylation is 1. The van der Waals surface area contributed by atoms with Gasteiger partial charge in [0.15, 0.2) is 0 Å². The topological polar surface area (TPSA) is 58.4 Å². The maximum Gasteiger partial charge on any atom is 0.239 e. The Morgan fingerprint density at radius 1 is 1.50 bits per heavy atom. The van der Waals surface area contributed by atoms with E-state index in [1.807, 2.05) is 37.1 Å². The summed E-state index contributed by atoms with van der Waals surface area (Å²) in [6.45, 7) is 2.85. The van der Waals surface area contributed by atoms with Gasteiger partial charge < -0.3 is 16.0 Å². The Balaban J connectivity index is 2.97. The summed E-state index contributed by atoms with van der Waals surface area (Å²) >= 11 is 0. The zero-order valence-electron chi connectivity index (χ0n) is 10.1. The second kappa shape index (κ2) is 5.51. The minimum atomic E-state index is -0.00581. The average molecular weight is 221 g/mol. The molecule has 4 heteroatoms. The zero-order chi connectivity index (χ0) is 12.1. The third kappa shape index (κ3) is 2.73. The van der Waals surface area contributed by atoms with Crippen LogP contribution in [0.1, 0.15) is 11.1 Å². The normalized spacial score (nSPS) is 10.0. The standard InChI is InChI=1S/C12H19N3O/c1-9-5-4-6-10(7-13)12(9)15(3)8-11(16)14-2/h4-6H,7-8,13H2,1-3H3,(H,14,16). The van der Waals surface area contributed by atoms with Gasteiger partial charge in [-0.3, -0.25) is 4.79 Å². The summed E-state index contributed by atoms with van der Waals surface area (Å²) in [5.41, 5.74) is 8.94. The molecule has 16 heavy (non-hydrogen) atoms. The fourth-order valence-electron chi connectivity index (χ4n) is 1.80. The Labute approximate surface area is 96.4 Å². The van der Waals surface area contributed by atoms with Gasteiger partial charge in [-0.15, -0.1) is 0 Å². The van der Waals surface area contributed by atoms with Gasteiger partial charge >= 0.3 is 0 Å². The maximum absolute atomic E-state index is 11.3. The molecule has 0 aliphatic carbocycles. The highest BCUT2D eigenvalue weighted by Gasteiger charge is 2.11. The number of carbonyl (C=O) groups excluding carboxylic acids is 1. The highest BCUT2D eigenvalue weighted by molar-refractivity contribution is 5.81. The summed E-state index contributed by atoms with van der Waals surface area (Å²) in [5, 5.41) is 2.61. The molecule has 0 aromatic heterocycles. The summed E-state index contributed by atoms with van der Waals surface area (Å²) in [6, 6.07) is 5.99. The van der Waals surface area contributed by atoms with Crippen LogP contribution in [0.15, 0.2) is 18.2 Å².